The zero-order chi connectivity index (χ0) is 15.6. The fourth-order valence-electron chi connectivity index (χ4n) is 2.03. The minimum Gasteiger partial charge on any atom is -0.451 e. The third-order valence-electron chi connectivity index (χ3n) is 3.08. The maximum atomic E-state index is 12.1. The molecule has 0 atom stereocenters. The van der Waals surface area contributed by atoms with Gasteiger partial charge in [0.25, 0.3) is 5.91 Å². The first kappa shape index (κ1) is 16.0. The van der Waals surface area contributed by atoms with Crippen molar-refractivity contribution in [3.05, 3.63) is 34.0 Å². The Morgan fingerprint density at radius 3 is 2.76 bits per heavy atom. The maximum absolute atomic E-state index is 12.1. The number of hydrogen-bond donors (Lipinski definition) is 1. The summed E-state index contributed by atoms with van der Waals surface area (Å²) in [5, 5.41) is 3.56. The smallest absolute Gasteiger partial charge is 0.287 e. The van der Waals surface area contributed by atoms with Crippen LogP contribution in [0.15, 0.2) is 27.1 Å². The van der Waals surface area contributed by atoms with Crippen molar-refractivity contribution in [2.45, 2.75) is 13.3 Å². The van der Waals surface area contributed by atoms with Gasteiger partial charge in [0.1, 0.15) is 15.4 Å². The predicted molar refractivity (Wildman–Crippen MR) is 85.3 cm³/mol. The molecule has 0 fully saturated rings. The van der Waals surface area contributed by atoms with Crippen LogP contribution in [0.1, 0.15) is 22.5 Å². The van der Waals surface area contributed by atoms with Crippen molar-refractivity contribution in [3.8, 4) is 0 Å². The van der Waals surface area contributed by atoms with Crippen LogP contribution in [0.3, 0.4) is 0 Å². The predicted octanol–water partition coefficient (Wildman–Crippen LogP) is 2.67. The van der Waals surface area contributed by atoms with E-state index in [-0.39, 0.29) is 17.4 Å². The summed E-state index contributed by atoms with van der Waals surface area (Å²) in [6.45, 7) is 2.12. The highest BCUT2D eigenvalue weighted by atomic mass is 79.9. The number of fused-ring (bicyclic) bond motifs is 1. The summed E-state index contributed by atoms with van der Waals surface area (Å²) in [5.41, 5.74) is 1.42. The van der Waals surface area contributed by atoms with Gasteiger partial charge in [-0.25, -0.2) is 8.42 Å². The van der Waals surface area contributed by atoms with Crippen LogP contribution in [0.4, 0.5) is 0 Å². The third-order valence-corrected chi connectivity index (χ3v) is 4.61. The number of aryl methyl sites for hydroxylation is 1. The molecular weight excluding hydrogens is 358 g/mol. The molecule has 114 valence electrons. The highest BCUT2D eigenvalue weighted by molar-refractivity contribution is 9.10. The van der Waals surface area contributed by atoms with Crippen LogP contribution in [0.25, 0.3) is 11.0 Å². The Morgan fingerprint density at radius 1 is 1.38 bits per heavy atom. The van der Waals surface area contributed by atoms with Crippen LogP contribution >= 0.6 is 15.9 Å². The number of rotatable bonds is 5. The fraction of sp³-hybridized carbons (Fsp3) is 0.357. The highest BCUT2D eigenvalue weighted by Gasteiger charge is 2.17. The SMILES string of the molecule is Cc1c(C(=O)NCCCS(C)(=O)=O)oc2ccc(Br)cc12. The molecule has 0 radical (unpaired) electrons. The second kappa shape index (κ2) is 6.19. The summed E-state index contributed by atoms with van der Waals surface area (Å²) in [4.78, 5) is 12.1. The highest BCUT2D eigenvalue weighted by Crippen LogP contribution is 2.27. The number of halogens is 1. The van der Waals surface area contributed by atoms with Gasteiger partial charge in [-0.05, 0) is 31.5 Å². The van der Waals surface area contributed by atoms with E-state index in [1.165, 1.54) is 6.26 Å². The molecule has 0 unspecified atom stereocenters. The van der Waals surface area contributed by atoms with Gasteiger partial charge in [-0.1, -0.05) is 15.9 Å². The van der Waals surface area contributed by atoms with E-state index in [2.05, 4.69) is 21.2 Å². The Balaban J connectivity index is 2.08. The molecule has 0 saturated heterocycles. The number of nitrogens with one attached hydrogen (secondary N) is 1. The number of carbonyl (C=O) groups excluding carboxylic acids is 1. The van der Waals surface area contributed by atoms with Gasteiger partial charge in [-0.2, -0.15) is 0 Å². The second-order valence-corrected chi connectivity index (χ2v) is 8.11. The molecule has 5 nitrogen and oxygen atoms in total. The first-order valence-corrected chi connectivity index (χ1v) is 9.28. The fourth-order valence-corrected chi connectivity index (χ4v) is 3.06. The Morgan fingerprint density at radius 2 is 2.10 bits per heavy atom. The Bertz CT molecular complexity index is 780. The van der Waals surface area contributed by atoms with Crippen molar-refractivity contribution in [2.24, 2.45) is 0 Å². The van der Waals surface area contributed by atoms with Gasteiger partial charge in [0.2, 0.25) is 0 Å². The molecule has 1 aromatic carbocycles. The zero-order valence-electron chi connectivity index (χ0n) is 11.8. The summed E-state index contributed by atoms with van der Waals surface area (Å²) < 4.78 is 28.5. The molecule has 0 aliphatic rings. The number of benzene rings is 1. The minimum atomic E-state index is -3.00. The van der Waals surface area contributed by atoms with Crippen LogP contribution in [-0.4, -0.2) is 32.9 Å². The first-order chi connectivity index (χ1) is 9.78. The van der Waals surface area contributed by atoms with E-state index >= 15 is 0 Å². The lowest BCUT2D eigenvalue weighted by Crippen LogP contribution is -2.26. The van der Waals surface area contributed by atoms with E-state index in [1.807, 2.05) is 19.1 Å². The maximum Gasteiger partial charge on any atom is 0.287 e. The average molecular weight is 374 g/mol. The van der Waals surface area contributed by atoms with Gasteiger partial charge in [0.15, 0.2) is 5.76 Å². The standard InChI is InChI=1S/C14H16BrNO4S/c1-9-11-8-10(15)4-5-12(11)20-13(9)14(17)16-6-3-7-21(2,18)19/h4-5,8H,3,6-7H2,1-2H3,(H,16,17). The van der Waals surface area contributed by atoms with Crippen molar-refractivity contribution < 1.29 is 17.6 Å². The van der Waals surface area contributed by atoms with Crippen molar-refractivity contribution in [1.29, 1.82) is 0 Å². The molecule has 1 heterocycles. The van der Waals surface area contributed by atoms with Gasteiger partial charge in [-0.3, -0.25) is 4.79 Å². The molecule has 2 aromatic rings. The number of amides is 1. The number of hydrogen-bond acceptors (Lipinski definition) is 4. The summed E-state index contributed by atoms with van der Waals surface area (Å²) in [6.07, 6.45) is 1.56. The molecule has 1 N–H and O–H groups in total. The molecule has 0 aliphatic heterocycles. The van der Waals surface area contributed by atoms with Crippen LogP contribution in [0, 0.1) is 6.92 Å². The summed E-state index contributed by atoms with van der Waals surface area (Å²) in [6, 6.07) is 5.54. The summed E-state index contributed by atoms with van der Waals surface area (Å²) >= 11 is 3.38. The molecule has 1 aromatic heterocycles. The molecule has 0 aliphatic carbocycles. The van der Waals surface area contributed by atoms with Gasteiger partial charge in [0, 0.05) is 28.2 Å². The van der Waals surface area contributed by atoms with Crippen molar-refractivity contribution in [2.75, 3.05) is 18.6 Å². The summed E-state index contributed by atoms with van der Waals surface area (Å²) in [5.74, 6) is -0.00456. The van der Waals surface area contributed by atoms with Crippen LogP contribution < -0.4 is 5.32 Å². The molecule has 0 spiro atoms. The van der Waals surface area contributed by atoms with E-state index in [4.69, 9.17) is 4.42 Å². The lowest BCUT2D eigenvalue weighted by Gasteiger charge is -2.03. The molecule has 2 rings (SSSR count). The van der Waals surface area contributed by atoms with Gasteiger partial charge < -0.3 is 9.73 Å². The first-order valence-electron chi connectivity index (χ1n) is 6.42. The van der Waals surface area contributed by atoms with E-state index in [9.17, 15) is 13.2 Å². The molecule has 1 amide bonds. The molecule has 0 bridgehead atoms. The molecule has 21 heavy (non-hydrogen) atoms. The van der Waals surface area contributed by atoms with E-state index in [0.29, 0.717) is 18.5 Å². The second-order valence-electron chi connectivity index (χ2n) is 4.94. The summed E-state index contributed by atoms with van der Waals surface area (Å²) in [7, 11) is -3.00. The zero-order valence-corrected chi connectivity index (χ0v) is 14.2. The van der Waals surface area contributed by atoms with Crippen molar-refractivity contribution >= 4 is 42.6 Å². The van der Waals surface area contributed by atoms with Gasteiger partial charge in [-0.15, -0.1) is 0 Å². The third kappa shape index (κ3) is 4.07. The Labute approximate surface area is 131 Å². The Hall–Kier alpha value is -1.34. The monoisotopic (exact) mass is 373 g/mol. The minimum absolute atomic E-state index is 0.0549. The Kier molecular flexibility index (Phi) is 4.73. The van der Waals surface area contributed by atoms with Crippen LogP contribution in [-0.2, 0) is 9.84 Å². The van der Waals surface area contributed by atoms with E-state index in [1.54, 1.807) is 6.07 Å². The van der Waals surface area contributed by atoms with E-state index in [0.717, 1.165) is 15.4 Å². The normalized spacial score (nSPS) is 11.8. The van der Waals surface area contributed by atoms with Crippen molar-refractivity contribution in [3.63, 3.8) is 0 Å². The van der Waals surface area contributed by atoms with Gasteiger partial charge >= 0.3 is 0 Å². The van der Waals surface area contributed by atoms with Crippen molar-refractivity contribution in [1.82, 2.24) is 5.32 Å². The number of carbonyl (C=O) groups is 1. The topological polar surface area (TPSA) is 76.4 Å². The lowest BCUT2D eigenvalue weighted by atomic mass is 10.1. The van der Waals surface area contributed by atoms with E-state index < -0.39 is 9.84 Å². The largest absolute Gasteiger partial charge is 0.451 e. The molecular formula is C14H16BrNO4S. The number of furan rings is 1. The lowest BCUT2D eigenvalue weighted by molar-refractivity contribution is 0.0927. The van der Waals surface area contributed by atoms with Crippen LogP contribution in [0.2, 0.25) is 0 Å². The number of sulfone groups is 1. The molecule has 7 heteroatoms. The average Bonchev–Trinajstić information content (AvgIpc) is 2.71. The quantitative estimate of drug-likeness (QED) is 0.817. The molecule has 0 saturated carbocycles. The van der Waals surface area contributed by atoms with Gasteiger partial charge in [0.05, 0.1) is 5.75 Å². The van der Waals surface area contributed by atoms with Crippen LogP contribution in [0.5, 0.6) is 0 Å².